The zero-order valence-corrected chi connectivity index (χ0v) is 11.4. The summed E-state index contributed by atoms with van der Waals surface area (Å²) in [7, 11) is 0. The van der Waals surface area contributed by atoms with Crippen LogP contribution in [0.4, 0.5) is 0 Å². The monoisotopic (exact) mass is 242 g/mol. The molecule has 0 amide bonds. The van der Waals surface area contributed by atoms with Crippen molar-refractivity contribution < 1.29 is 4.42 Å². The van der Waals surface area contributed by atoms with Gasteiger partial charge in [-0.15, -0.1) is 0 Å². The van der Waals surface area contributed by atoms with E-state index >= 15 is 0 Å². The van der Waals surface area contributed by atoms with Gasteiger partial charge in [0, 0.05) is 17.8 Å². The Bertz CT molecular complexity index is 297. The average molecular weight is 242 g/mol. The van der Waals surface area contributed by atoms with E-state index in [0.717, 1.165) is 17.5 Å². The molecule has 0 spiro atoms. The topological polar surface area (TPSA) is 38.1 Å². The minimum absolute atomic E-state index is 0.485. The molecule has 3 nitrogen and oxygen atoms in total. The molecule has 16 heavy (non-hydrogen) atoms. The maximum absolute atomic E-state index is 5.32. The lowest BCUT2D eigenvalue weighted by Crippen LogP contribution is -2.32. The van der Waals surface area contributed by atoms with Crippen molar-refractivity contribution in [1.82, 2.24) is 10.3 Å². The van der Waals surface area contributed by atoms with Crippen LogP contribution in [-0.4, -0.2) is 22.8 Å². The van der Waals surface area contributed by atoms with Gasteiger partial charge in [-0.2, -0.15) is 0 Å². The zero-order valence-electron chi connectivity index (χ0n) is 10.6. The number of thioether (sulfide) groups is 1. The summed E-state index contributed by atoms with van der Waals surface area (Å²) < 4.78 is 5.32. The first-order chi connectivity index (χ1) is 7.65. The van der Waals surface area contributed by atoms with Gasteiger partial charge in [0.2, 0.25) is 0 Å². The fourth-order valence-corrected chi connectivity index (χ4v) is 2.33. The molecule has 1 atom stereocenters. The Balaban J connectivity index is 2.27. The summed E-state index contributed by atoms with van der Waals surface area (Å²) in [6.45, 7) is 9.57. The van der Waals surface area contributed by atoms with Crippen LogP contribution in [0.15, 0.2) is 15.9 Å². The molecule has 0 fully saturated rings. The number of nitrogens with zero attached hydrogens (tertiary/aromatic N) is 1. The van der Waals surface area contributed by atoms with Crippen LogP contribution in [0.3, 0.4) is 0 Å². The van der Waals surface area contributed by atoms with Crippen molar-refractivity contribution >= 4 is 11.8 Å². The van der Waals surface area contributed by atoms with Crippen molar-refractivity contribution in [3.63, 3.8) is 0 Å². The predicted molar refractivity (Wildman–Crippen MR) is 68.9 cm³/mol. The third-order valence-electron chi connectivity index (χ3n) is 2.58. The summed E-state index contributed by atoms with van der Waals surface area (Å²) in [6.07, 6.45) is 4.07. The molecular weight excluding hydrogens is 220 g/mol. The Kier molecular flexibility index (Phi) is 5.91. The van der Waals surface area contributed by atoms with Crippen LogP contribution in [-0.2, 0) is 0 Å². The van der Waals surface area contributed by atoms with E-state index in [1.807, 2.05) is 6.92 Å². The fourth-order valence-electron chi connectivity index (χ4n) is 1.51. The third kappa shape index (κ3) is 4.58. The van der Waals surface area contributed by atoms with Gasteiger partial charge in [-0.3, -0.25) is 0 Å². The van der Waals surface area contributed by atoms with Crippen LogP contribution < -0.4 is 5.32 Å². The lowest BCUT2D eigenvalue weighted by molar-refractivity contribution is 0.450. The summed E-state index contributed by atoms with van der Waals surface area (Å²) in [5, 5.41) is 4.81. The van der Waals surface area contributed by atoms with Crippen molar-refractivity contribution in [3.05, 3.63) is 12.0 Å². The first-order valence-corrected chi connectivity index (χ1v) is 6.85. The first kappa shape index (κ1) is 13.6. The van der Waals surface area contributed by atoms with Crippen molar-refractivity contribution in [3.8, 4) is 0 Å². The molecule has 0 aliphatic heterocycles. The molecule has 0 bridgehead atoms. The molecule has 0 radical (unpaired) electrons. The van der Waals surface area contributed by atoms with Crippen molar-refractivity contribution in [1.29, 1.82) is 0 Å². The fraction of sp³-hybridized carbons (Fsp3) is 0.750. The Hall–Kier alpha value is -0.480. The smallest absolute Gasteiger partial charge is 0.256 e. The molecule has 0 aliphatic rings. The highest BCUT2D eigenvalue weighted by molar-refractivity contribution is 7.99. The van der Waals surface area contributed by atoms with Gasteiger partial charge in [-0.05, 0) is 19.8 Å². The quantitative estimate of drug-likeness (QED) is 0.745. The Morgan fingerprint density at radius 3 is 2.62 bits per heavy atom. The van der Waals surface area contributed by atoms with Crippen LogP contribution >= 0.6 is 11.8 Å². The van der Waals surface area contributed by atoms with E-state index in [0.29, 0.717) is 11.3 Å². The van der Waals surface area contributed by atoms with Gasteiger partial charge in [0.15, 0.2) is 0 Å². The lowest BCUT2D eigenvalue weighted by atomic mass is 10.2. The van der Waals surface area contributed by atoms with E-state index in [9.17, 15) is 0 Å². The first-order valence-electron chi connectivity index (χ1n) is 5.97. The van der Waals surface area contributed by atoms with Crippen LogP contribution in [0.25, 0.3) is 0 Å². The number of nitrogens with one attached hydrogen (secondary N) is 1. The highest BCUT2D eigenvalue weighted by atomic mass is 32.2. The molecule has 4 heteroatoms. The highest BCUT2D eigenvalue weighted by Gasteiger charge is 2.10. The maximum atomic E-state index is 5.32. The van der Waals surface area contributed by atoms with Gasteiger partial charge < -0.3 is 9.73 Å². The molecule has 0 saturated carbocycles. The molecule has 0 aliphatic carbocycles. The Morgan fingerprint density at radius 1 is 1.44 bits per heavy atom. The standard InChI is InChI=1S/C12H22N2OS/c1-5-11(6-2)13-7-10(4)16-12-14-9(3)8-15-12/h8,10-11,13H,5-7H2,1-4H3. The van der Waals surface area contributed by atoms with Gasteiger partial charge in [-0.25, -0.2) is 4.98 Å². The minimum atomic E-state index is 0.485. The lowest BCUT2D eigenvalue weighted by Gasteiger charge is -2.17. The van der Waals surface area contributed by atoms with Crippen LogP contribution in [0.2, 0.25) is 0 Å². The summed E-state index contributed by atoms with van der Waals surface area (Å²) in [5.74, 6) is 0. The van der Waals surface area contributed by atoms with E-state index in [2.05, 4.69) is 31.1 Å². The molecule has 1 N–H and O–H groups in total. The van der Waals surface area contributed by atoms with Crippen LogP contribution in [0, 0.1) is 6.92 Å². The third-order valence-corrected chi connectivity index (χ3v) is 3.54. The summed E-state index contributed by atoms with van der Waals surface area (Å²) in [6, 6.07) is 0.634. The van der Waals surface area contributed by atoms with Gasteiger partial charge in [0.1, 0.15) is 6.26 Å². The van der Waals surface area contributed by atoms with Crippen molar-refractivity contribution in [2.75, 3.05) is 6.54 Å². The van der Waals surface area contributed by atoms with Gasteiger partial charge in [-0.1, -0.05) is 32.5 Å². The van der Waals surface area contributed by atoms with Crippen molar-refractivity contribution in [2.45, 2.75) is 57.1 Å². The number of hydrogen-bond acceptors (Lipinski definition) is 4. The van der Waals surface area contributed by atoms with E-state index in [4.69, 9.17) is 4.42 Å². The number of aromatic nitrogens is 1. The molecule has 1 aromatic rings. The molecule has 0 saturated heterocycles. The van der Waals surface area contributed by atoms with Crippen molar-refractivity contribution in [2.24, 2.45) is 0 Å². The largest absolute Gasteiger partial charge is 0.440 e. The van der Waals surface area contributed by atoms with E-state index in [1.54, 1.807) is 18.0 Å². The molecular formula is C12H22N2OS. The predicted octanol–water partition coefficient (Wildman–Crippen LogP) is 3.24. The average Bonchev–Trinajstić information content (AvgIpc) is 2.65. The highest BCUT2D eigenvalue weighted by Crippen LogP contribution is 2.21. The maximum Gasteiger partial charge on any atom is 0.256 e. The molecule has 1 unspecified atom stereocenters. The molecule has 1 aromatic heterocycles. The molecule has 1 heterocycles. The normalized spacial score (nSPS) is 13.3. The van der Waals surface area contributed by atoms with Gasteiger partial charge >= 0.3 is 0 Å². The van der Waals surface area contributed by atoms with E-state index in [-0.39, 0.29) is 0 Å². The molecule has 0 aromatic carbocycles. The van der Waals surface area contributed by atoms with E-state index in [1.165, 1.54) is 12.8 Å². The molecule has 92 valence electrons. The van der Waals surface area contributed by atoms with Gasteiger partial charge in [0.05, 0.1) is 5.69 Å². The zero-order chi connectivity index (χ0) is 12.0. The Morgan fingerprint density at radius 2 is 2.12 bits per heavy atom. The number of hydrogen-bond donors (Lipinski definition) is 1. The summed E-state index contributed by atoms with van der Waals surface area (Å²) in [4.78, 5) is 4.29. The minimum Gasteiger partial charge on any atom is -0.440 e. The van der Waals surface area contributed by atoms with E-state index < -0.39 is 0 Å². The second kappa shape index (κ2) is 6.97. The van der Waals surface area contributed by atoms with Gasteiger partial charge in [0.25, 0.3) is 5.22 Å². The number of oxazole rings is 1. The van der Waals surface area contributed by atoms with Crippen LogP contribution in [0.1, 0.15) is 39.3 Å². The second-order valence-corrected chi connectivity index (χ2v) is 5.49. The Labute approximate surface area is 102 Å². The second-order valence-electron chi connectivity index (χ2n) is 4.10. The van der Waals surface area contributed by atoms with Crippen LogP contribution in [0.5, 0.6) is 0 Å². The number of aryl methyl sites for hydroxylation is 1. The molecule has 1 rings (SSSR count). The summed E-state index contributed by atoms with van der Waals surface area (Å²) in [5.41, 5.74) is 0.947. The summed E-state index contributed by atoms with van der Waals surface area (Å²) >= 11 is 1.69. The SMILES string of the molecule is CCC(CC)NCC(C)Sc1nc(C)co1. The number of rotatable bonds is 7.